The maximum absolute atomic E-state index is 11.8. The van der Waals surface area contributed by atoms with Gasteiger partial charge in [0.05, 0.1) is 5.71 Å². The van der Waals surface area contributed by atoms with E-state index in [0.717, 1.165) is 18.4 Å². The smallest absolute Gasteiger partial charge is 0.258 e. The number of aryl methyl sites for hydroxylation is 1. The molecule has 1 aromatic carbocycles. The van der Waals surface area contributed by atoms with Crippen LogP contribution in [0.2, 0.25) is 0 Å². The molecular formula is C16H24N2O3. The summed E-state index contributed by atoms with van der Waals surface area (Å²) >= 11 is 0. The van der Waals surface area contributed by atoms with E-state index in [2.05, 4.69) is 17.4 Å². The summed E-state index contributed by atoms with van der Waals surface area (Å²) in [5, 5.41) is 15.0. The van der Waals surface area contributed by atoms with Gasteiger partial charge < -0.3 is 15.3 Å². The van der Waals surface area contributed by atoms with Crippen LogP contribution >= 0.6 is 0 Å². The second-order valence-corrected chi connectivity index (χ2v) is 5.23. The second-order valence-electron chi connectivity index (χ2n) is 5.23. The molecule has 1 unspecified atom stereocenters. The number of rotatable bonds is 7. The van der Waals surface area contributed by atoms with Crippen molar-refractivity contribution in [3.05, 3.63) is 29.3 Å². The molecule has 0 fully saturated rings. The summed E-state index contributed by atoms with van der Waals surface area (Å²) in [6.45, 7) is 7.62. The molecule has 0 aliphatic heterocycles. The first-order valence-corrected chi connectivity index (χ1v) is 7.19. The average molecular weight is 292 g/mol. The molecule has 0 bridgehead atoms. The van der Waals surface area contributed by atoms with Crippen molar-refractivity contribution in [3.8, 4) is 5.75 Å². The first kappa shape index (κ1) is 17.0. The van der Waals surface area contributed by atoms with Crippen molar-refractivity contribution in [2.75, 3.05) is 6.61 Å². The van der Waals surface area contributed by atoms with E-state index in [1.54, 1.807) is 6.92 Å². The van der Waals surface area contributed by atoms with Crippen LogP contribution in [0, 0.1) is 6.92 Å². The lowest BCUT2D eigenvalue weighted by molar-refractivity contribution is -0.123. The molecule has 0 aliphatic rings. The predicted molar refractivity (Wildman–Crippen MR) is 83.2 cm³/mol. The van der Waals surface area contributed by atoms with E-state index in [9.17, 15) is 4.79 Å². The van der Waals surface area contributed by atoms with Gasteiger partial charge in [0.25, 0.3) is 5.91 Å². The van der Waals surface area contributed by atoms with Crippen molar-refractivity contribution in [1.29, 1.82) is 0 Å². The Labute approximate surface area is 126 Å². The normalized spacial score (nSPS) is 12.9. The van der Waals surface area contributed by atoms with Crippen molar-refractivity contribution < 1.29 is 14.7 Å². The van der Waals surface area contributed by atoms with E-state index in [1.807, 2.05) is 32.0 Å². The Balaban J connectivity index is 2.70. The largest absolute Gasteiger partial charge is 0.483 e. The number of nitrogens with zero attached hydrogens (tertiary/aromatic N) is 1. The monoisotopic (exact) mass is 292 g/mol. The Kier molecular flexibility index (Phi) is 6.72. The second kappa shape index (κ2) is 8.29. The minimum atomic E-state index is -0.151. The third-order valence-corrected chi connectivity index (χ3v) is 3.16. The molecule has 1 rings (SSSR count). The summed E-state index contributed by atoms with van der Waals surface area (Å²) in [5.74, 6) is 0.394. The Morgan fingerprint density at radius 3 is 2.81 bits per heavy atom. The number of benzene rings is 1. The van der Waals surface area contributed by atoms with Gasteiger partial charge in [0.2, 0.25) is 0 Å². The number of amides is 1. The quantitative estimate of drug-likeness (QED) is 0.461. The minimum Gasteiger partial charge on any atom is -0.483 e. The van der Waals surface area contributed by atoms with E-state index < -0.39 is 0 Å². The molecule has 0 aromatic heterocycles. The van der Waals surface area contributed by atoms with E-state index in [1.165, 1.54) is 0 Å². The average Bonchev–Trinajstić information content (AvgIpc) is 2.44. The van der Waals surface area contributed by atoms with Crippen LogP contribution in [0.15, 0.2) is 23.4 Å². The number of nitrogens with one attached hydrogen (secondary N) is 1. The van der Waals surface area contributed by atoms with Gasteiger partial charge in [-0.05, 0) is 44.9 Å². The van der Waals surface area contributed by atoms with Crippen LogP contribution in [0.4, 0.5) is 0 Å². The molecule has 116 valence electrons. The first-order valence-electron chi connectivity index (χ1n) is 7.19. The number of hydrogen-bond donors (Lipinski definition) is 2. The Morgan fingerprint density at radius 2 is 2.19 bits per heavy atom. The fourth-order valence-corrected chi connectivity index (χ4v) is 2.07. The van der Waals surface area contributed by atoms with Crippen molar-refractivity contribution in [1.82, 2.24) is 5.32 Å². The number of oxime groups is 1. The molecule has 1 amide bonds. The lowest BCUT2D eigenvalue weighted by Crippen LogP contribution is -2.36. The molecule has 21 heavy (non-hydrogen) atoms. The van der Waals surface area contributed by atoms with Crippen LogP contribution in [0.3, 0.4) is 0 Å². The van der Waals surface area contributed by atoms with E-state index in [4.69, 9.17) is 9.94 Å². The number of carbonyl (C=O) groups excluding carboxylic acids is 1. The fourth-order valence-electron chi connectivity index (χ4n) is 2.07. The van der Waals surface area contributed by atoms with Gasteiger partial charge in [0.1, 0.15) is 5.75 Å². The van der Waals surface area contributed by atoms with E-state index in [0.29, 0.717) is 17.0 Å². The molecular weight excluding hydrogens is 268 g/mol. The zero-order valence-electron chi connectivity index (χ0n) is 13.1. The predicted octanol–water partition coefficient (Wildman–Crippen LogP) is 2.88. The van der Waals surface area contributed by atoms with Crippen LogP contribution in [0.5, 0.6) is 5.75 Å². The van der Waals surface area contributed by atoms with Gasteiger partial charge in [0.15, 0.2) is 6.61 Å². The molecule has 0 heterocycles. The fraction of sp³-hybridized carbons (Fsp3) is 0.500. The zero-order valence-corrected chi connectivity index (χ0v) is 13.1. The molecule has 2 N–H and O–H groups in total. The third-order valence-electron chi connectivity index (χ3n) is 3.16. The molecule has 1 aromatic rings. The molecule has 0 saturated heterocycles. The van der Waals surface area contributed by atoms with E-state index in [-0.39, 0.29) is 18.6 Å². The Morgan fingerprint density at radius 1 is 1.48 bits per heavy atom. The minimum absolute atomic E-state index is 0.0524. The lowest BCUT2D eigenvalue weighted by Gasteiger charge is -2.15. The first-order chi connectivity index (χ1) is 9.97. The number of carbonyl (C=O) groups is 1. The molecule has 5 nitrogen and oxygen atoms in total. The van der Waals surface area contributed by atoms with Gasteiger partial charge in [-0.1, -0.05) is 24.6 Å². The van der Waals surface area contributed by atoms with Gasteiger partial charge in [0, 0.05) is 11.6 Å². The molecule has 0 spiro atoms. The zero-order chi connectivity index (χ0) is 15.8. The van der Waals surface area contributed by atoms with Crippen LogP contribution in [-0.4, -0.2) is 29.5 Å². The molecule has 1 atom stereocenters. The van der Waals surface area contributed by atoms with Gasteiger partial charge in [-0.15, -0.1) is 0 Å². The molecule has 0 radical (unpaired) electrons. The highest BCUT2D eigenvalue weighted by Gasteiger charge is 2.11. The Bertz CT molecular complexity index is 512. The topological polar surface area (TPSA) is 70.9 Å². The van der Waals surface area contributed by atoms with Crippen molar-refractivity contribution in [3.63, 3.8) is 0 Å². The maximum atomic E-state index is 11.8. The van der Waals surface area contributed by atoms with Crippen LogP contribution in [-0.2, 0) is 4.79 Å². The highest BCUT2D eigenvalue weighted by Crippen LogP contribution is 2.21. The lowest BCUT2D eigenvalue weighted by atomic mass is 10.1. The molecule has 5 heteroatoms. The summed E-state index contributed by atoms with van der Waals surface area (Å²) in [6.07, 6.45) is 1.97. The van der Waals surface area contributed by atoms with Crippen LogP contribution < -0.4 is 10.1 Å². The Hall–Kier alpha value is -2.04. The molecule has 0 aliphatic carbocycles. The summed E-state index contributed by atoms with van der Waals surface area (Å²) in [4.78, 5) is 11.8. The van der Waals surface area contributed by atoms with E-state index >= 15 is 0 Å². The third kappa shape index (κ3) is 5.45. The van der Waals surface area contributed by atoms with Gasteiger partial charge in [-0.2, -0.15) is 0 Å². The number of hydrogen-bond acceptors (Lipinski definition) is 4. The van der Waals surface area contributed by atoms with Gasteiger partial charge in [-0.25, -0.2) is 0 Å². The number of ether oxygens (including phenoxy) is 1. The summed E-state index contributed by atoms with van der Waals surface area (Å²) in [5.41, 5.74) is 2.14. The summed E-state index contributed by atoms with van der Waals surface area (Å²) in [6, 6.07) is 5.69. The van der Waals surface area contributed by atoms with Crippen LogP contribution in [0.25, 0.3) is 0 Å². The maximum Gasteiger partial charge on any atom is 0.258 e. The highest BCUT2D eigenvalue weighted by atomic mass is 16.5. The van der Waals surface area contributed by atoms with Gasteiger partial charge in [-0.3, -0.25) is 4.79 Å². The van der Waals surface area contributed by atoms with Crippen molar-refractivity contribution >= 4 is 11.6 Å². The summed E-state index contributed by atoms with van der Waals surface area (Å²) < 4.78 is 5.58. The van der Waals surface area contributed by atoms with Crippen molar-refractivity contribution in [2.24, 2.45) is 5.16 Å². The SMILES string of the molecule is CCCC(C)NC(=O)COc1cc(C)ccc1C(C)=NO. The summed E-state index contributed by atoms with van der Waals surface area (Å²) in [7, 11) is 0. The molecule has 0 saturated carbocycles. The standard InChI is InChI=1S/C16H24N2O3/c1-5-6-12(3)17-16(19)10-21-15-9-11(2)7-8-14(15)13(4)18-20/h7-9,12,20H,5-6,10H2,1-4H3,(H,17,19). The van der Waals surface area contributed by atoms with Crippen LogP contribution in [0.1, 0.15) is 44.7 Å². The van der Waals surface area contributed by atoms with Crippen molar-refractivity contribution in [2.45, 2.75) is 46.6 Å². The highest BCUT2D eigenvalue weighted by molar-refractivity contribution is 6.00. The van der Waals surface area contributed by atoms with Gasteiger partial charge >= 0.3 is 0 Å².